The van der Waals surface area contributed by atoms with Gasteiger partial charge in [0, 0.05) is 11.6 Å². The summed E-state index contributed by atoms with van der Waals surface area (Å²) in [6.45, 7) is 3.50. The Kier molecular flexibility index (Phi) is 2.83. The van der Waals surface area contributed by atoms with Crippen molar-refractivity contribution in [1.29, 1.82) is 0 Å². The quantitative estimate of drug-likeness (QED) is 0.525. The van der Waals surface area contributed by atoms with Crippen molar-refractivity contribution in [3.05, 3.63) is 22.9 Å². The van der Waals surface area contributed by atoms with Gasteiger partial charge in [-0.1, -0.05) is 30.0 Å². The Morgan fingerprint density at radius 1 is 1.80 bits per heavy atom. The maximum Gasteiger partial charge on any atom is 0.330 e. The number of carbonyl (C=O) groups is 1. The average molecular weight is 226 g/mol. The molecule has 3 nitrogen and oxygen atoms in total. The predicted molar refractivity (Wildman–Crippen MR) is 59.2 cm³/mol. The fourth-order valence-corrected chi connectivity index (χ4v) is 2.00. The molecule has 0 bridgehead atoms. The number of nitrogens with two attached hydrogens (primary N) is 1. The molecule has 15 heavy (non-hydrogen) atoms. The van der Waals surface area contributed by atoms with E-state index >= 15 is 0 Å². The van der Waals surface area contributed by atoms with Gasteiger partial charge >= 0.3 is 5.97 Å². The van der Waals surface area contributed by atoms with Crippen LogP contribution in [-0.4, -0.2) is 16.0 Å². The van der Waals surface area contributed by atoms with Crippen molar-refractivity contribution in [3.8, 4) is 12.3 Å². The average Bonchev–Trinajstić information content (AvgIpc) is 2.14. The second kappa shape index (κ2) is 3.63. The Labute approximate surface area is 93.6 Å². The van der Waals surface area contributed by atoms with Crippen LogP contribution in [0.5, 0.6) is 0 Å². The van der Waals surface area contributed by atoms with E-state index in [-0.39, 0.29) is 17.2 Å². The van der Waals surface area contributed by atoms with Gasteiger partial charge in [0.25, 0.3) is 0 Å². The molecular formula is C11H12ClNO2. The molecule has 4 heteroatoms. The molecule has 1 aliphatic carbocycles. The number of alkyl halides is 1. The molecule has 0 fully saturated rings. The first-order chi connectivity index (χ1) is 6.85. The summed E-state index contributed by atoms with van der Waals surface area (Å²) >= 11 is 6.10. The van der Waals surface area contributed by atoms with Crippen LogP contribution in [0.3, 0.4) is 0 Å². The van der Waals surface area contributed by atoms with E-state index in [1.807, 2.05) is 0 Å². The zero-order valence-corrected chi connectivity index (χ0v) is 9.30. The maximum absolute atomic E-state index is 11.2. The van der Waals surface area contributed by atoms with Crippen molar-refractivity contribution in [2.24, 2.45) is 11.7 Å². The van der Waals surface area contributed by atoms with Gasteiger partial charge in [-0.15, -0.1) is 6.42 Å². The van der Waals surface area contributed by atoms with Crippen LogP contribution >= 0.6 is 11.6 Å². The number of carboxylic acid groups (broad SMARTS) is 1. The highest BCUT2D eigenvalue weighted by Crippen LogP contribution is 2.41. The van der Waals surface area contributed by atoms with Gasteiger partial charge in [0.2, 0.25) is 0 Å². The number of hydrogen-bond donors (Lipinski definition) is 2. The molecule has 0 saturated carbocycles. The van der Waals surface area contributed by atoms with Crippen molar-refractivity contribution in [2.45, 2.75) is 18.7 Å². The van der Waals surface area contributed by atoms with Crippen LogP contribution in [0.4, 0.5) is 0 Å². The molecule has 0 aliphatic heterocycles. The molecule has 0 aromatic rings. The van der Waals surface area contributed by atoms with E-state index < -0.39 is 10.8 Å². The van der Waals surface area contributed by atoms with E-state index in [1.54, 1.807) is 19.9 Å². The summed E-state index contributed by atoms with van der Waals surface area (Å²) in [6.07, 6.45) is 6.92. The number of aliphatic carboxylic acids is 1. The van der Waals surface area contributed by atoms with Crippen molar-refractivity contribution in [3.63, 3.8) is 0 Å². The van der Waals surface area contributed by atoms with E-state index in [0.29, 0.717) is 0 Å². The minimum Gasteiger partial charge on any atom is -0.480 e. The lowest BCUT2D eigenvalue weighted by Crippen LogP contribution is -2.44. The monoisotopic (exact) mass is 225 g/mol. The molecule has 3 N–H and O–H groups in total. The summed E-state index contributed by atoms with van der Waals surface area (Å²) in [6, 6.07) is 0. The highest BCUT2D eigenvalue weighted by atomic mass is 35.5. The maximum atomic E-state index is 11.2. The first-order valence-corrected chi connectivity index (χ1v) is 4.80. The number of carboxylic acids is 1. The molecule has 0 spiro atoms. The Hall–Kier alpha value is -1.40. The normalized spacial score (nSPS) is 30.8. The first-order valence-electron chi connectivity index (χ1n) is 4.43. The number of rotatable bonds is 1. The van der Waals surface area contributed by atoms with Crippen LogP contribution in [0.25, 0.3) is 0 Å². The minimum atomic E-state index is -1.61. The van der Waals surface area contributed by atoms with Crippen LogP contribution in [0, 0.1) is 18.3 Å². The van der Waals surface area contributed by atoms with E-state index in [1.165, 1.54) is 0 Å². The van der Waals surface area contributed by atoms with Gasteiger partial charge in [-0.3, -0.25) is 0 Å². The van der Waals surface area contributed by atoms with Gasteiger partial charge in [0.05, 0.1) is 5.57 Å². The molecule has 0 heterocycles. The van der Waals surface area contributed by atoms with Gasteiger partial charge in [0.1, 0.15) is 0 Å². The van der Waals surface area contributed by atoms with Gasteiger partial charge in [-0.2, -0.15) is 0 Å². The molecule has 0 aromatic carbocycles. The standard InChI is InChI=1S/C11H12ClNO2/c1-4-8-9(13)5-6(2)7(3)11(8,12)10(14)15/h1,5,7H,13H2,2-3H3,(H,14,15). The summed E-state index contributed by atoms with van der Waals surface area (Å²) in [5.74, 6) is 0.728. The summed E-state index contributed by atoms with van der Waals surface area (Å²) in [5, 5.41) is 9.16. The van der Waals surface area contributed by atoms with Gasteiger partial charge in [-0.05, 0) is 13.0 Å². The van der Waals surface area contributed by atoms with Gasteiger partial charge in [-0.25, -0.2) is 4.79 Å². The molecule has 2 unspecified atom stereocenters. The molecule has 1 aliphatic rings. The van der Waals surface area contributed by atoms with E-state index in [9.17, 15) is 4.79 Å². The Morgan fingerprint density at radius 2 is 2.33 bits per heavy atom. The molecule has 0 saturated heterocycles. The third kappa shape index (κ3) is 1.51. The molecule has 2 atom stereocenters. The second-order valence-electron chi connectivity index (χ2n) is 3.60. The van der Waals surface area contributed by atoms with Crippen molar-refractivity contribution in [2.75, 3.05) is 0 Å². The molecule has 80 valence electrons. The number of allylic oxidation sites excluding steroid dienone is 2. The zero-order chi connectivity index (χ0) is 11.8. The lowest BCUT2D eigenvalue weighted by molar-refractivity contribution is -0.140. The van der Waals surface area contributed by atoms with Gasteiger partial charge < -0.3 is 10.8 Å². The van der Waals surface area contributed by atoms with Crippen molar-refractivity contribution >= 4 is 17.6 Å². The first kappa shape index (κ1) is 11.7. The zero-order valence-electron chi connectivity index (χ0n) is 8.54. The Balaban J connectivity index is 3.47. The second-order valence-corrected chi connectivity index (χ2v) is 4.20. The summed E-state index contributed by atoms with van der Waals surface area (Å²) in [5.41, 5.74) is 6.87. The lowest BCUT2D eigenvalue weighted by Gasteiger charge is -2.33. The van der Waals surface area contributed by atoms with Crippen molar-refractivity contribution in [1.82, 2.24) is 0 Å². The minimum absolute atomic E-state index is 0.134. The summed E-state index contributed by atoms with van der Waals surface area (Å²) < 4.78 is 0. The van der Waals surface area contributed by atoms with Crippen LogP contribution in [0.2, 0.25) is 0 Å². The van der Waals surface area contributed by atoms with Crippen LogP contribution < -0.4 is 5.73 Å². The topological polar surface area (TPSA) is 63.3 Å². The van der Waals surface area contributed by atoms with Crippen LogP contribution in [-0.2, 0) is 4.79 Å². The summed E-state index contributed by atoms with van der Waals surface area (Å²) in [7, 11) is 0. The molecule has 1 rings (SSSR count). The number of halogens is 1. The molecular weight excluding hydrogens is 214 g/mol. The van der Waals surface area contributed by atoms with Crippen molar-refractivity contribution < 1.29 is 9.90 Å². The molecule has 0 aromatic heterocycles. The smallest absolute Gasteiger partial charge is 0.330 e. The Morgan fingerprint density at radius 3 is 2.73 bits per heavy atom. The van der Waals surface area contributed by atoms with E-state index in [2.05, 4.69) is 5.92 Å². The highest BCUT2D eigenvalue weighted by Gasteiger charge is 2.48. The van der Waals surface area contributed by atoms with Gasteiger partial charge in [0.15, 0.2) is 4.87 Å². The molecule has 0 amide bonds. The largest absolute Gasteiger partial charge is 0.480 e. The van der Waals surface area contributed by atoms with Crippen LogP contribution in [0.1, 0.15) is 13.8 Å². The summed E-state index contributed by atoms with van der Waals surface area (Å²) in [4.78, 5) is 9.59. The third-order valence-electron chi connectivity index (χ3n) is 2.77. The Bertz CT molecular complexity index is 417. The lowest BCUT2D eigenvalue weighted by atomic mass is 9.77. The molecule has 0 radical (unpaired) electrons. The number of terminal acetylenes is 1. The van der Waals surface area contributed by atoms with E-state index in [0.717, 1.165) is 5.57 Å². The third-order valence-corrected chi connectivity index (χ3v) is 3.45. The fourth-order valence-electron chi connectivity index (χ4n) is 1.66. The SMILES string of the molecule is C#CC1=C(N)C=C(C)C(C)C1(Cl)C(=O)O. The predicted octanol–water partition coefficient (Wildman–Crippen LogP) is 1.49. The van der Waals surface area contributed by atoms with E-state index in [4.69, 9.17) is 28.9 Å². The van der Waals surface area contributed by atoms with Crippen LogP contribution in [0.15, 0.2) is 22.9 Å². The number of hydrogen-bond acceptors (Lipinski definition) is 2. The highest BCUT2D eigenvalue weighted by molar-refractivity contribution is 6.37. The fraction of sp³-hybridized carbons (Fsp3) is 0.364.